The van der Waals surface area contributed by atoms with Crippen LogP contribution in [0.1, 0.15) is 25.7 Å². The standard InChI is InChI=1S/C14H16N2O5/c17-13(11-3-1-2-4-12(11)14(18)19)15-9-5-7-10(8-6-9)16(20)21/h5-8,11-12H,1-4H2,(H,15,17)(H,18,19)/p-1/t11-,12-/m0/s1. The lowest BCUT2D eigenvalue weighted by Crippen LogP contribution is -2.42. The maximum absolute atomic E-state index is 12.2. The number of nitrogens with zero attached hydrogens (tertiary/aromatic N) is 1. The number of anilines is 1. The van der Waals surface area contributed by atoms with Crippen molar-refractivity contribution in [2.24, 2.45) is 11.8 Å². The average Bonchev–Trinajstić information content (AvgIpc) is 2.47. The molecule has 1 aromatic rings. The van der Waals surface area contributed by atoms with Gasteiger partial charge in [0, 0.05) is 35.6 Å². The molecule has 0 heterocycles. The highest BCUT2D eigenvalue weighted by atomic mass is 16.6. The number of rotatable bonds is 4. The number of nitrogens with one attached hydrogen (secondary N) is 1. The highest BCUT2D eigenvalue weighted by Gasteiger charge is 2.31. The second kappa shape index (κ2) is 6.34. The third-order valence-corrected chi connectivity index (χ3v) is 3.75. The molecule has 7 heteroatoms. The number of non-ortho nitro benzene ring substituents is 1. The Morgan fingerprint density at radius 1 is 1.10 bits per heavy atom. The molecule has 1 N–H and O–H groups in total. The summed E-state index contributed by atoms with van der Waals surface area (Å²) >= 11 is 0. The number of carboxylic acids is 1. The lowest BCUT2D eigenvalue weighted by atomic mass is 9.78. The third kappa shape index (κ3) is 3.56. The van der Waals surface area contributed by atoms with Gasteiger partial charge in [0.1, 0.15) is 0 Å². The zero-order valence-corrected chi connectivity index (χ0v) is 11.3. The number of nitro groups is 1. The Hall–Kier alpha value is -2.44. The van der Waals surface area contributed by atoms with E-state index in [-0.39, 0.29) is 11.6 Å². The summed E-state index contributed by atoms with van der Waals surface area (Å²) in [5, 5.41) is 24.2. The van der Waals surface area contributed by atoms with Gasteiger partial charge in [-0.05, 0) is 25.0 Å². The molecule has 0 aromatic heterocycles. The minimum absolute atomic E-state index is 0.0710. The monoisotopic (exact) mass is 291 g/mol. The van der Waals surface area contributed by atoms with Crippen molar-refractivity contribution in [1.29, 1.82) is 0 Å². The molecule has 0 radical (unpaired) electrons. The molecule has 1 aromatic carbocycles. The highest BCUT2D eigenvalue weighted by Crippen LogP contribution is 2.30. The number of hydrogen-bond acceptors (Lipinski definition) is 5. The van der Waals surface area contributed by atoms with E-state index in [1.165, 1.54) is 24.3 Å². The van der Waals surface area contributed by atoms with E-state index >= 15 is 0 Å². The van der Waals surface area contributed by atoms with Crippen LogP contribution >= 0.6 is 0 Å². The van der Waals surface area contributed by atoms with E-state index in [0.29, 0.717) is 18.5 Å². The molecule has 1 aliphatic carbocycles. The topological polar surface area (TPSA) is 112 Å². The second-order valence-corrected chi connectivity index (χ2v) is 5.11. The highest BCUT2D eigenvalue weighted by molar-refractivity contribution is 5.95. The normalized spacial score (nSPS) is 21.5. The molecule has 1 aliphatic rings. The first kappa shape index (κ1) is 15.0. The van der Waals surface area contributed by atoms with Crippen LogP contribution in [0.5, 0.6) is 0 Å². The van der Waals surface area contributed by atoms with Gasteiger partial charge in [-0.15, -0.1) is 0 Å². The van der Waals surface area contributed by atoms with E-state index in [1.54, 1.807) is 0 Å². The fraction of sp³-hybridized carbons (Fsp3) is 0.429. The van der Waals surface area contributed by atoms with Gasteiger partial charge in [0.25, 0.3) is 5.69 Å². The van der Waals surface area contributed by atoms with Gasteiger partial charge in [-0.25, -0.2) is 0 Å². The van der Waals surface area contributed by atoms with Gasteiger partial charge in [-0.3, -0.25) is 14.9 Å². The zero-order chi connectivity index (χ0) is 15.4. The molecule has 21 heavy (non-hydrogen) atoms. The minimum Gasteiger partial charge on any atom is -0.550 e. The molecular formula is C14H15N2O5-. The zero-order valence-electron chi connectivity index (χ0n) is 11.3. The predicted octanol–water partition coefficient (Wildman–Crippen LogP) is 1.09. The molecular weight excluding hydrogens is 276 g/mol. The Kier molecular flexibility index (Phi) is 4.52. The molecule has 0 bridgehead atoms. The lowest BCUT2D eigenvalue weighted by Gasteiger charge is -2.31. The van der Waals surface area contributed by atoms with Gasteiger partial charge >= 0.3 is 0 Å². The van der Waals surface area contributed by atoms with E-state index in [2.05, 4.69) is 5.32 Å². The summed E-state index contributed by atoms with van der Waals surface area (Å²) < 4.78 is 0. The van der Waals surface area contributed by atoms with Crippen LogP contribution in [0.2, 0.25) is 0 Å². The van der Waals surface area contributed by atoms with Gasteiger partial charge in [0.15, 0.2) is 0 Å². The van der Waals surface area contributed by atoms with Gasteiger partial charge in [-0.1, -0.05) is 12.8 Å². The van der Waals surface area contributed by atoms with Gasteiger partial charge in [-0.2, -0.15) is 0 Å². The first-order valence-corrected chi connectivity index (χ1v) is 6.75. The summed E-state index contributed by atoms with van der Waals surface area (Å²) in [6.45, 7) is 0. The van der Waals surface area contributed by atoms with Crippen molar-refractivity contribution >= 4 is 23.3 Å². The summed E-state index contributed by atoms with van der Waals surface area (Å²) in [5.74, 6) is -2.95. The summed E-state index contributed by atoms with van der Waals surface area (Å²) in [7, 11) is 0. The fourth-order valence-electron chi connectivity index (χ4n) is 2.63. The van der Waals surface area contributed by atoms with Crippen LogP contribution in [0.3, 0.4) is 0 Å². The first-order valence-electron chi connectivity index (χ1n) is 6.75. The van der Waals surface area contributed by atoms with Crippen LogP contribution < -0.4 is 10.4 Å². The molecule has 1 saturated carbocycles. The number of aliphatic carboxylic acids is 1. The number of nitro benzene ring substituents is 1. The van der Waals surface area contributed by atoms with Crippen molar-refractivity contribution in [3.63, 3.8) is 0 Å². The molecule has 0 aliphatic heterocycles. The van der Waals surface area contributed by atoms with E-state index in [0.717, 1.165) is 12.8 Å². The number of carbonyl (C=O) groups is 2. The second-order valence-electron chi connectivity index (χ2n) is 5.11. The summed E-state index contributed by atoms with van der Waals surface area (Å²) in [5.41, 5.74) is 0.339. The Morgan fingerprint density at radius 3 is 2.19 bits per heavy atom. The summed E-state index contributed by atoms with van der Waals surface area (Å²) in [4.78, 5) is 33.3. The fourth-order valence-corrected chi connectivity index (χ4v) is 2.63. The molecule has 0 unspecified atom stereocenters. The Balaban J connectivity index is 2.05. The van der Waals surface area contributed by atoms with E-state index in [1.807, 2.05) is 0 Å². The van der Waals surface area contributed by atoms with E-state index in [9.17, 15) is 24.8 Å². The Labute approximate surface area is 121 Å². The quantitative estimate of drug-likeness (QED) is 0.659. The van der Waals surface area contributed by atoms with Gasteiger partial charge in [0.05, 0.1) is 4.92 Å². The van der Waals surface area contributed by atoms with Crippen LogP contribution in [0.15, 0.2) is 24.3 Å². The van der Waals surface area contributed by atoms with Crippen LogP contribution in [0.25, 0.3) is 0 Å². The third-order valence-electron chi connectivity index (χ3n) is 3.75. The Morgan fingerprint density at radius 2 is 1.67 bits per heavy atom. The van der Waals surface area contributed by atoms with Gasteiger partial charge in [0.2, 0.25) is 5.91 Å². The van der Waals surface area contributed by atoms with Crippen LogP contribution in [0, 0.1) is 22.0 Å². The Bertz CT molecular complexity index is 555. The number of carbonyl (C=O) groups excluding carboxylic acids is 2. The molecule has 1 fully saturated rings. The predicted molar refractivity (Wildman–Crippen MR) is 72.2 cm³/mol. The molecule has 0 spiro atoms. The van der Waals surface area contributed by atoms with Crippen molar-refractivity contribution < 1.29 is 19.6 Å². The molecule has 2 atom stereocenters. The smallest absolute Gasteiger partial charge is 0.269 e. The maximum Gasteiger partial charge on any atom is 0.269 e. The maximum atomic E-state index is 12.2. The number of amides is 1. The van der Waals surface area contributed by atoms with Crippen LogP contribution in [0.4, 0.5) is 11.4 Å². The largest absolute Gasteiger partial charge is 0.550 e. The van der Waals surface area contributed by atoms with Crippen LogP contribution in [-0.2, 0) is 9.59 Å². The number of carboxylic acid groups (broad SMARTS) is 1. The van der Waals surface area contributed by atoms with Crippen molar-refractivity contribution in [2.45, 2.75) is 25.7 Å². The molecule has 7 nitrogen and oxygen atoms in total. The van der Waals surface area contributed by atoms with E-state index in [4.69, 9.17) is 0 Å². The van der Waals surface area contributed by atoms with Gasteiger partial charge < -0.3 is 15.2 Å². The van der Waals surface area contributed by atoms with Crippen molar-refractivity contribution in [3.8, 4) is 0 Å². The minimum atomic E-state index is -1.20. The summed E-state index contributed by atoms with van der Waals surface area (Å²) in [6, 6.07) is 5.42. The number of hydrogen-bond donors (Lipinski definition) is 1. The van der Waals surface area contributed by atoms with Crippen molar-refractivity contribution in [2.75, 3.05) is 5.32 Å². The summed E-state index contributed by atoms with van der Waals surface area (Å²) in [6.07, 6.45) is 2.54. The van der Waals surface area contributed by atoms with Crippen LogP contribution in [-0.4, -0.2) is 16.8 Å². The number of benzene rings is 1. The molecule has 2 rings (SSSR count). The molecule has 1 amide bonds. The molecule has 0 saturated heterocycles. The lowest BCUT2D eigenvalue weighted by molar-refractivity contribution is -0.384. The van der Waals surface area contributed by atoms with E-state index < -0.39 is 22.7 Å². The van der Waals surface area contributed by atoms with Crippen molar-refractivity contribution in [3.05, 3.63) is 34.4 Å². The first-order chi connectivity index (χ1) is 9.99. The SMILES string of the molecule is O=C([O-])[C@H]1CCCC[C@@H]1C(=O)Nc1ccc([N+](=O)[O-])cc1. The van der Waals surface area contributed by atoms with Crippen molar-refractivity contribution in [1.82, 2.24) is 0 Å². The average molecular weight is 291 g/mol. The molecule has 112 valence electrons.